The Labute approximate surface area is 148 Å². The summed E-state index contributed by atoms with van der Waals surface area (Å²) in [6.45, 7) is 3.78. The molecule has 2 amide bonds. The van der Waals surface area contributed by atoms with Crippen molar-refractivity contribution in [3.05, 3.63) is 63.2 Å². The number of hydrogen-bond donors (Lipinski definition) is 2. The van der Waals surface area contributed by atoms with Crippen LogP contribution in [-0.4, -0.2) is 22.5 Å². The van der Waals surface area contributed by atoms with Gasteiger partial charge in [-0.3, -0.25) is 19.7 Å². The normalized spacial score (nSPS) is 10.3. The van der Waals surface area contributed by atoms with Crippen molar-refractivity contribution in [3.8, 4) is 0 Å². The van der Waals surface area contributed by atoms with Crippen molar-refractivity contribution in [1.29, 1.82) is 0 Å². The number of nitrogens with two attached hydrogens (primary N) is 1. The van der Waals surface area contributed by atoms with Crippen molar-refractivity contribution >= 4 is 35.0 Å². The van der Waals surface area contributed by atoms with Crippen LogP contribution in [0.1, 0.15) is 21.5 Å². The number of nitro groups is 1. The molecule has 0 atom stereocenters. The van der Waals surface area contributed by atoms with Crippen molar-refractivity contribution in [3.63, 3.8) is 0 Å². The zero-order chi connectivity index (χ0) is 18.6. The van der Waals surface area contributed by atoms with Crippen LogP contribution in [0.5, 0.6) is 0 Å². The van der Waals surface area contributed by atoms with Crippen molar-refractivity contribution in [2.45, 2.75) is 18.7 Å². The van der Waals surface area contributed by atoms with E-state index in [2.05, 4.69) is 5.32 Å². The molecule has 3 N–H and O–H groups in total. The van der Waals surface area contributed by atoms with E-state index in [1.165, 1.54) is 12.1 Å². The van der Waals surface area contributed by atoms with Crippen LogP contribution in [0.3, 0.4) is 0 Å². The van der Waals surface area contributed by atoms with Gasteiger partial charge in [-0.1, -0.05) is 18.2 Å². The summed E-state index contributed by atoms with van der Waals surface area (Å²) in [5.74, 6) is -1.01. The standard InChI is InChI=1S/C17H17N3O4S/c1-10-4-3-5-11(2)16(10)19-15(21)9-25-14-7-6-12(17(18)22)8-13(14)20(23)24/h3-8H,9H2,1-2H3,(H2,18,22)(H,19,21). The van der Waals surface area contributed by atoms with Gasteiger partial charge in [-0.25, -0.2) is 0 Å². The molecule has 2 aromatic rings. The predicted octanol–water partition coefficient (Wildman–Crippen LogP) is 3.04. The summed E-state index contributed by atoms with van der Waals surface area (Å²) in [5, 5.41) is 14.0. The molecule has 0 fully saturated rings. The number of rotatable bonds is 6. The molecule has 0 saturated carbocycles. The van der Waals surface area contributed by atoms with Gasteiger partial charge in [-0.05, 0) is 37.1 Å². The van der Waals surface area contributed by atoms with Gasteiger partial charge in [0.25, 0.3) is 5.69 Å². The molecular weight excluding hydrogens is 342 g/mol. The third kappa shape index (κ3) is 4.57. The number of nitrogens with zero attached hydrogens (tertiary/aromatic N) is 1. The third-order valence-corrected chi connectivity index (χ3v) is 4.61. The van der Waals surface area contributed by atoms with Crippen LogP contribution < -0.4 is 11.1 Å². The Kier molecular flexibility index (Phi) is 5.76. The van der Waals surface area contributed by atoms with Crippen LogP contribution in [0.2, 0.25) is 0 Å². The lowest BCUT2D eigenvalue weighted by atomic mass is 10.1. The van der Waals surface area contributed by atoms with Gasteiger partial charge in [0, 0.05) is 17.3 Å². The van der Waals surface area contributed by atoms with Crippen molar-refractivity contribution in [1.82, 2.24) is 0 Å². The quantitative estimate of drug-likeness (QED) is 0.467. The lowest BCUT2D eigenvalue weighted by molar-refractivity contribution is -0.387. The van der Waals surface area contributed by atoms with Crippen LogP contribution in [0.4, 0.5) is 11.4 Å². The number of primary amides is 1. The van der Waals surface area contributed by atoms with Crippen LogP contribution in [0.25, 0.3) is 0 Å². The van der Waals surface area contributed by atoms with E-state index in [4.69, 9.17) is 5.73 Å². The SMILES string of the molecule is Cc1cccc(C)c1NC(=O)CSc1ccc(C(N)=O)cc1[N+](=O)[O-]. The number of para-hydroxylation sites is 1. The number of benzene rings is 2. The van der Waals surface area contributed by atoms with E-state index in [-0.39, 0.29) is 22.9 Å². The number of hydrogen-bond acceptors (Lipinski definition) is 5. The molecule has 2 aromatic carbocycles. The number of thioether (sulfide) groups is 1. The third-order valence-electron chi connectivity index (χ3n) is 3.54. The largest absolute Gasteiger partial charge is 0.366 e. The predicted molar refractivity (Wildman–Crippen MR) is 96.9 cm³/mol. The summed E-state index contributed by atoms with van der Waals surface area (Å²) in [7, 11) is 0. The molecule has 130 valence electrons. The molecule has 0 bridgehead atoms. The number of nitrogens with one attached hydrogen (secondary N) is 1. The molecule has 7 nitrogen and oxygen atoms in total. The fourth-order valence-corrected chi connectivity index (χ4v) is 3.07. The Hall–Kier alpha value is -2.87. The topological polar surface area (TPSA) is 115 Å². The first-order valence-corrected chi connectivity index (χ1v) is 8.35. The highest BCUT2D eigenvalue weighted by molar-refractivity contribution is 8.00. The molecule has 0 saturated heterocycles. The zero-order valence-electron chi connectivity index (χ0n) is 13.7. The number of aryl methyl sites for hydroxylation is 2. The average Bonchev–Trinajstić information content (AvgIpc) is 2.56. The molecule has 0 aliphatic heterocycles. The first-order valence-electron chi connectivity index (χ1n) is 7.36. The molecule has 0 aromatic heterocycles. The number of carbonyl (C=O) groups is 2. The molecule has 0 heterocycles. The maximum atomic E-state index is 12.2. The lowest BCUT2D eigenvalue weighted by Gasteiger charge is -2.11. The molecule has 8 heteroatoms. The van der Waals surface area contributed by atoms with Crippen molar-refractivity contribution in [2.75, 3.05) is 11.1 Å². The van der Waals surface area contributed by atoms with Gasteiger partial charge in [0.15, 0.2) is 0 Å². The molecule has 0 aliphatic rings. The van der Waals surface area contributed by atoms with Gasteiger partial charge in [0.2, 0.25) is 11.8 Å². The van der Waals surface area contributed by atoms with Gasteiger partial charge in [-0.2, -0.15) is 0 Å². The minimum Gasteiger partial charge on any atom is -0.366 e. The summed E-state index contributed by atoms with van der Waals surface area (Å²) < 4.78 is 0. The summed E-state index contributed by atoms with van der Waals surface area (Å²) in [6.07, 6.45) is 0. The van der Waals surface area contributed by atoms with Crippen LogP contribution in [0, 0.1) is 24.0 Å². The molecule has 0 spiro atoms. The summed E-state index contributed by atoms with van der Waals surface area (Å²) in [4.78, 5) is 34.2. The highest BCUT2D eigenvalue weighted by atomic mass is 32.2. The zero-order valence-corrected chi connectivity index (χ0v) is 14.6. The van der Waals surface area contributed by atoms with Crippen LogP contribution in [-0.2, 0) is 4.79 Å². The van der Waals surface area contributed by atoms with E-state index in [9.17, 15) is 19.7 Å². The second-order valence-corrected chi connectivity index (χ2v) is 6.42. The first-order chi connectivity index (χ1) is 11.8. The lowest BCUT2D eigenvalue weighted by Crippen LogP contribution is -2.16. The molecule has 0 unspecified atom stereocenters. The Morgan fingerprint density at radius 3 is 2.40 bits per heavy atom. The molecule has 0 radical (unpaired) electrons. The number of anilines is 1. The Bertz CT molecular complexity index is 832. The smallest absolute Gasteiger partial charge is 0.283 e. The summed E-state index contributed by atoms with van der Waals surface area (Å²) >= 11 is 1.03. The minimum absolute atomic E-state index is 0.00450. The fourth-order valence-electron chi connectivity index (χ4n) is 2.27. The van der Waals surface area contributed by atoms with Crippen molar-refractivity contribution in [2.24, 2.45) is 5.73 Å². The number of amides is 2. The first kappa shape index (κ1) is 18.5. The van der Waals surface area contributed by atoms with Gasteiger partial charge in [0.05, 0.1) is 15.6 Å². The molecule has 25 heavy (non-hydrogen) atoms. The summed E-state index contributed by atoms with van der Waals surface area (Å²) in [6, 6.07) is 9.63. The molecule has 0 aliphatic carbocycles. The monoisotopic (exact) mass is 359 g/mol. The molecule has 2 rings (SSSR count). The number of carbonyl (C=O) groups excluding carboxylic acids is 2. The Morgan fingerprint density at radius 1 is 1.20 bits per heavy atom. The van der Waals surface area contributed by atoms with E-state index in [0.29, 0.717) is 4.90 Å². The second-order valence-electron chi connectivity index (χ2n) is 5.41. The van der Waals surface area contributed by atoms with Gasteiger partial charge in [0.1, 0.15) is 0 Å². The van der Waals surface area contributed by atoms with E-state index in [1.807, 2.05) is 32.0 Å². The maximum Gasteiger partial charge on any atom is 0.283 e. The number of nitro benzene ring substituents is 1. The van der Waals surface area contributed by atoms with Crippen molar-refractivity contribution < 1.29 is 14.5 Å². The summed E-state index contributed by atoms with van der Waals surface area (Å²) in [5.41, 5.74) is 7.56. The average molecular weight is 359 g/mol. The second kappa shape index (κ2) is 7.80. The van der Waals surface area contributed by atoms with E-state index in [1.54, 1.807) is 0 Å². The van der Waals surface area contributed by atoms with Gasteiger partial charge >= 0.3 is 0 Å². The fraction of sp³-hybridized carbons (Fsp3) is 0.176. The van der Waals surface area contributed by atoms with E-state index >= 15 is 0 Å². The van der Waals surface area contributed by atoms with E-state index < -0.39 is 10.8 Å². The molecular formula is C17H17N3O4S. The highest BCUT2D eigenvalue weighted by Crippen LogP contribution is 2.30. The van der Waals surface area contributed by atoms with Gasteiger partial charge < -0.3 is 11.1 Å². The highest BCUT2D eigenvalue weighted by Gasteiger charge is 2.18. The Balaban J connectivity index is 2.12. The Morgan fingerprint density at radius 2 is 1.84 bits per heavy atom. The van der Waals surface area contributed by atoms with Crippen LogP contribution >= 0.6 is 11.8 Å². The van der Waals surface area contributed by atoms with Gasteiger partial charge in [-0.15, -0.1) is 11.8 Å². The van der Waals surface area contributed by atoms with Crippen LogP contribution in [0.15, 0.2) is 41.3 Å². The minimum atomic E-state index is -0.743. The van der Waals surface area contributed by atoms with E-state index in [0.717, 1.165) is 34.6 Å². The maximum absolute atomic E-state index is 12.2.